The number of nitrogen functional groups attached to an aromatic ring is 1. The Hall–Kier alpha value is -2.38. The van der Waals surface area contributed by atoms with Gasteiger partial charge in [0.15, 0.2) is 0 Å². The minimum Gasteiger partial charge on any atom is -0.398 e. The zero-order chi connectivity index (χ0) is 17.5. The van der Waals surface area contributed by atoms with Crippen molar-refractivity contribution in [3.63, 3.8) is 0 Å². The first-order valence-electron chi connectivity index (χ1n) is 6.84. The number of benzene rings is 2. The molecule has 0 aliphatic heterocycles. The van der Waals surface area contributed by atoms with Crippen molar-refractivity contribution in [2.75, 3.05) is 11.5 Å². The zero-order valence-corrected chi connectivity index (χ0v) is 13.6. The largest absolute Gasteiger partial charge is 0.398 e. The molecule has 0 atom stereocenters. The van der Waals surface area contributed by atoms with Gasteiger partial charge < -0.3 is 11.5 Å². The van der Waals surface area contributed by atoms with Crippen LogP contribution in [0.2, 0.25) is 0 Å². The van der Waals surface area contributed by atoms with Gasteiger partial charge >= 0.3 is 0 Å². The van der Waals surface area contributed by atoms with Gasteiger partial charge in [0.25, 0.3) is 16.0 Å². The summed E-state index contributed by atoms with van der Waals surface area (Å²) in [5.74, 6) is -0.700. The Balaban J connectivity index is 0.000000238. The van der Waals surface area contributed by atoms with Crippen LogP contribution < -0.4 is 11.5 Å². The lowest BCUT2D eigenvalue weighted by Gasteiger charge is -1.99. The van der Waals surface area contributed by atoms with Crippen molar-refractivity contribution < 1.29 is 17.8 Å². The highest BCUT2D eigenvalue weighted by atomic mass is 32.2. The quantitative estimate of drug-likeness (QED) is 0.580. The van der Waals surface area contributed by atoms with Gasteiger partial charge in [-0.25, -0.2) is 0 Å². The predicted molar refractivity (Wildman–Crippen MR) is 90.7 cm³/mol. The molecule has 0 radical (unpaired) electrons. The first-order valence-corrected chi connectivity index (χ1v) is 8.45. The predicted octanol–water partition coefficient (Wildman–Crippen LogP) is 1.79. The van der Waals surface area contributed by atoms with E-state index in [9.17, 15) is 13.2 Å². The molecule has 0 aromatic heterocycles. The fourth-order valence-electron chi connectivity index (χ4n) is 1.72. The fraction of sp³-hybridized carbons (Fsp3) is 0.188. The molecule has 2 aromatic rings. The third-order valence-electron chi connectivity index (χ3n) is 3.00. The van der Waals surface area contributed by atoms with Crippen molar-refractivity contribution in [3.8, 4) is 0 Å². The minimum absolute atomic E-state index is 0.212. The van der Waals surface area contributed by atoms with E-state index >= 15 is 0 Å². The molecule has 6 nitrogen and oxygen atoms in total. The molecule has 2 rings (SSSR count). The van der Waals surface area contributed by atoms with E-state index in [-0.39, 0.29) is 5.75 Å². The van der Waals surface area contributed by atoms with Crippen LogP contribution in [0, 0.1) is 6.92 Å². The molecule has 0 unspecified atom stereocenters. The average molecular weight is 336 g/mol. The van der Waals surface area contributed by atoms with Crippen LogP contribution in [-0.4, -0.2) is 24.6 Å². The van der Waals surface area contributed by atoms with Gasteiger partial charge in [0.05, 0.1) is 11.3 Å². The lowest BCUT2D eigenvalue weighted by atomic mass is 10.1. The summed E-state index contributed by atoms with van der Waals surface area (Å²) in [5.41, 5.74) is 13.3. The van der Waals surface area contributed by atoms with Crippen LogP contribution in [0.3, 0.4) is 0 Å². The maximum atomic E-state index is 10.6. The molecule has 0 fully saturated rings. The number of hydrogen-bond acceptors (Lipinski definition) is 4. The van der Waals surface area contributed by atoms with E-state index in [0.29, 0.717) is 17.7 Å². The summed E-state index contributed by atoms with van der Waals surface area (Å²) in [6.45, 7) is 1.96. The van der Waals surface area contributed by atoms with Crippen LogP contribution >= 0.6 is 0 Å². The van der Waals surface area contributed by atoms with Gasteiger partial charge in [-0.1, -0.05) is 42.0 Å². The number of carbonyl (C=O) groups excluding carboxylic acids is 1. The highest BCUT2D eigenvalue weighted by Crippen LogP contribution is 2.08. The third-order valence-corrected chi connectivity index (χ3v) is 3.72. The van der Waals surface area contributed by atoms with Crippen LogP contribution in [0.25, 0.3) is 0 Å². The summed E-state index contributed by atoms with van der Waals surface area (Å²) in [6, 6.07) is 14.3. The van der Waals surface area contributed by atoms with Crippen molar-refractivity contribution in [1.82, 2.24) is 0 Å². The van der Waals surface area contributed by atoms with E-state index < -0.39 is 16.0 Å². The normalized spacial score (nSPS) is 10.5. The van der Waals surface area contributed by atoms with Crippen molar-refractivity contribution in [3.05, 3.63) is 65.2 Å². The van der Waals surface area contributed by atoms with Crippen molar-refractivity contribution >= 4 is 21.7 Å². The van der Waals surface area contributed by atoms with Gasteiger partial charge in [0, 0.05) is 5.69 Å². The third kappa shape index (κ3) is 7.44. The van der Waals surface area contributed by atoms with Gasteiger partial charge in [-0.2, -0.15) is 8.42 Å². The number of para-hydroxylation sites is 1. The number of carbonyl (C=O) groups is 1. The molecule has 0 aliphatic rings. The fourth-order valence-corrected chi connectivity index (χ4v) is 2.22. The van der Waals surface area contributed by atoms with E-state index in [4.69, 9.17) is 16.0 Å². The molecule has 0 bridgehead atoms. The highest BCUT2D eigenvalue weighted by Gasteiger charge is 2.04. The van der Waals surface area contributed by atoms with E-state index in [1.165, 1.54) is 0 Å². The summed E-state index contributed by atoms with van der Waals surface area (Å²) in [7, 11) is -3.83. The molecule has 2 aromatic carbocycles. The number of amides is 1. The highest BCUT2D eigenvalue weighted by molar-refractivity contribution is 7.85. The summed E-state index contributed by atoms with van der Waals surface area (Å²) >= 11 is 0. The van der Waals surface area contributed by atoms with E-state index in [2.05, 4.69) is 0 Å². The summed E-state index contributed by atoms with van der Waals surface area (Å²) in [4.78, 5) is 10.6. The monoisotopic (exact) mass is 336 g/mol. The Bertz CT molecular complexity index is 756. The second-order valence-electron chi connectivity index (χ2n) is 4.97. The average Bonchev–Trinajstić information content (AvgIpc) is 2.47. The number of anilines is 1. The number of rotatable bonds is 4. The van der Waals surface area contributed by atoms with E-state index in [1.54, 1.807) is 24.3 Å². The lowest BCUT2D eigenvalue weighted by molar-refractivity contribution is 0.100. The van der Waals surface area contributed by atoms with Crippen LogP contribution in [0.4, 0.5) is 5.69 Å². The van der Waals surface area contributed by atoms with Crippen LogP contribution in [0.5, 0.6) is 0 Å². The van der Waals surface area contributed by atoms with Crippen LogP contribution in [0.15, 0.2) is 48.5 Å². The molecule has 0 saturated carbocycles. The molecule has 7 heteroatoms. The number of hydrogen-bond donors (Lipinski definition) is 3. The molecular formula is C16H20N2O4S. The van der Waals surface area contributed by atoms with E-state index in [1.807, 2.05) is 31.2 Å². The van der Waals surface area contributed by atoms with Gasteiger partial charge in [0.2, 0.25) is 0 Å². The SMILES string of the molecule is Cc1ccc(CCS(=O)(=O)O)cc1.NC(=O)c1ccccc1N. The number of aryl methyl sites for hydroxylation is 2. The Morgan fingerprint density at radius 3 is 2.09 bits per heavy atom. The number of nitrogens with two attached hydrogens (primary N) is 2. The lowest BCUT2D eigenvalue weighted by Crippen LogP contribution is -2.12. The summed E-state index contributed by atoms with van der Waals surface area (Å²) < 4.78 is 29.4. The molecule has 0 saturated heterocycles. The Kier molecular flexibility index (Phi) is 6.74. The zero-order valence-electron chi connectivity index (χ0n) is 12.8. The van der Waals surface area contributed by atoms with Crippen molar-refractivity contribution in [1.29, 1.82) is 0 Å². The second kappa shape index (κ2) is 8.30. The minimum atomic E-state index is -3.83. The van der Waals surface area contributed by atoms with Gasteiger partial charge in [0.1, 0.15) is 0 Å². The standard InChI is InChI=1S/C9H12O3S.C7H8N2O/c1-8-2-4-9(5-3-8)6-7-13(10,11)12;8-6-4-2-1-3-5(6)7(9)10/h2-5H,6-7H2,1H3,(H,10,11,12);1-4H,8H2,(H2,9,10). The van der Waals surface area contributed by atoms with Gasteiger partial charge in [-0.15, -0.1) is 0 Å². The molecule has 23 heavy (non-hydrogen) atoms. The molecule has 5 N–H and O–H groups in total. The molecule has 0 aliphatic carbocycles. The topological polar surface area (TPSA) is 123 Å². The Morgan fingerprint density at radius 1 is 1.09 bits per heavy atom. The molecular weight excluding hydrogens is 316 g/mol. The maximum absolute atomic E-state index is 10.6. The van der Waals surface area contributed by atoms with Crippen LogP contribution in [0.1, 0.15) is 21.5 Å². The Morgan fingerprint density at radius 2 is 1.65 bits per heavy atom. The molecule has 1 amide bonds. The first kappa shape index (κ1) is 18.7. The number of primary amides is 1. The second-order valence-corrected chi connectivity index (χ2v) is 6.55. The first-order chi connectivity index (χ1) is 10.7. The maximum Gasteiger partial charge on any atom is 0.265 e. The summed E-state index contributed by atoms with van der Waals surface area (Å²) in [5, 5.41) is 0. The van der Waals surface area contributed by atoms with Crippen molar-refractivity contribution in [2.45, 2.75) is 13.3 Å². The smallest absolute Gasteiger partial charge is 0.265 e. The molecule has 124 valence electrons. The Labute approximate surface area is 135 Å². The van der Waals surface area contributed by atoms with Gasteiger partial charge in [-0.05, 0) is 31.0 Å². The van der Waals surface area contributed by atoms with Gasteiger partial charge in [-0.3, -0.25) is 9.35 Å². The summed E-state index contributed by atoms with van der Waals surface area (Å²) in [6.07, 6.45) is 0.360. The molecule has 0 spiro atoms. The van der Waals surface area contributed by atoms with Crippen molar-refractivity contribution in [2.24, 2.45) is 5.73 Å². The van der Waals surface area contributed by atoms with Crippen LogP contribution in [-0.2, 0) is 16.5 Å². The molecule has 0 heterocycles. The van der Waals surface area contributed by atoms with E-state index in [0.717, 1.165) is 11.1 Å².